The molecule has 0 aromatic heterocycles. The van der Waals surface area contributed by atoms with E-state index in [9.17, 15) is 0 Å². The summed E-state index contributed by atoms with van der Waals surface area (Å²) < 4.78 is 15.6. The summed E-state index contributed by atoms with van der Waals surface area (Å²) in [4.78, 5) is 0. The number of methoxy groups -OCH3 is 1. The molecule has 0 aromatic rings. The van der Waals surface area contributed by atoms with Crippen molar-refractivity contribution in [3.63, 3.8) is 0 Å². The quantitative estimate of drug-likeness (QED) is 0.677. The number of hydrogen-bond acceptors (Lipinski definition) is 3. The molecule has 0 aromatic carbocycles. The SMILES string of the molecule is CC(C)OC(C)(C)C.CCOC(C)(C)C.COC(C)(C)C. The van der Waals surface area contributed by atoms with Crippen LogP contribution in [0.3, 0.4) is 0 Å². The van der Waals surface area contributed by atoms with Gasteiger partial charge in [0.1, 0.15) is 0 Å². The van der Waals surface area contributed by atoms with E-state index in [1.165, 1.54) is 0 Å². The monoisotopic (exact) mass is 306 g/mol. The molecule has 0 radical (unpaired) electrons. The van der Waals surface area contributed by atoms with Crippen molar-refractivity contribution in [1.82, 2.24) is 0 Å². The minimum Gasteiger partial charge on any atom is -0.379 e. The van der Waals surface area contributed by atoms with Crippen molar-refractivity contribution >= 4 is 0 Å². The lowest BCUT2D eigenvalue weighted by molar-refractivity contribution is -0.0424. The molecule has 132 valence electrons. The predicted molar refractivity (Wildman–Crippen MR) is 94.1 cm³/mol. The van der Waals surface area contributed by atoms with Crippen molar-refractivity contribution in [1.29, 1.82) is 0 Å². The van der Waals surface area contributed by atoms with Gasteiger partial charge in [0.2, 0.25) is 0 Å². The van der Waals surface area contributed by atoms with E-state index in [-0.39, 0.29) is 16.8 Å². The van der Waals surface area contributed by atoms with E-state index in [4.69, 9.17) is 14.2 Å². The molecule has 0 fully saturated rings. The molecule has 0 unspecified atom stereocenters. The van der Waals surface area contributed by atoms with E-state index >= 15 is 0 Å². The van der Waals surface area contributed by atoms with Gasteiger partial charge in [-0.15, -0.1) is 0 Å². The van der Waals surface area contributed by atoms with Crippen LogP contribution in [0.5, 0.6) is 0 Å². The molecule has 0 atom stereocenters. The molecule has 21 heavy (non-hydrogen) atoms. The molecular formula is C18H42O3. The van der Waals surface area contributed by atoms with Crippen molar-refractivity contribution in [3.8, 4) is 0 Å². The van der Waals surface area contributed by atoms with Crippen LogP contribution in [0.2, 0.25) is 0 Å². The molecule has 0 saturated heterocycles. The Hall–Kier alpha value is -0.120. The molecule has 0 spiro atoms. The van der Waals surface area contributed by atoms with Gasteiger partial charge in [0.25, 0.3) is 0 Å². The van der Waals surface area contributed by atoms with E-state index in [1.54, 1.807) is 7.11 Å². The summed E-state index contributed by atoms with van der Waals surface area (Å²) in [6.07, 6.45) is 0.343. The van der Waals surface area contributed by atoms with Crippen molar-refractivity contribution < 1.29 is 14.2 Å². The summed E-state index contributed by atoms with van der Waals surface area (Å²) in [5, 5.41) is 0. The summed E-state index contributed by atoms with van der Waals surface area (Å²) in [5.41, 5.74) is 0.114. The number of ether oxygens (including phenoxy) is 3. The summed E-state index contributed by atoms with van der Waals surface area (Å²) in [6.45, 7) is 25.3. The Bertz CT molecular complexity index is 214. The zero-order chi connectivity index (χ0) is 17.9. The van der Waals surface area contributed by atoms with E-state index in [0.29, 0.717) is 6.10 Å². The molecule has 0 aliphatic heterocycles. The van der Waals surface area contributed by atoms with Crippen LogP contribution >= 0.6 is 0 Å². The van der Waals surface area contributed by atoms with Gasteiger partial charge in [0.15, 0.2) is 0 Å². The molecule has 0 aliphatic rings. The zero-order valence-electron chi connectivity index (χ0n) is 17.0. The van der Waals surface area contributed by atoms with Gasteiger partial charge < -0.3 is 14.2 Å². The Balaban J connectivity index is -0.000000234. The van der Waals surface area contributed by atoms with Crippen LogP contribution in [-0.2, 0) is 14.2 Å². The Morgan fingerprint density at radius 3 is 1.05 bits per heavy atom. The van der Waals surface area contributed by atoms with E-state index in [1.807, 2.05) is 41.5 Å². The molecule has 0 rings (SSSR count). The van der Waals surface area contributed by atoms with Gasteiger partial charge in [-0.1, -0.05) is 0 Å². The third-order valence-corrected chi connectivity index (χ3v) is 1.78. The summed E-state index contributed by atoms with van der Waals surface area (Å²) >= 11 is 0. The second kappa shape index (κ2) is 11.4. The highest BCUT2D eigenvalue weighted by atomic mass is 16.5. The molecule has 0 heterocycles. The Kier molecular flexibility index (Phi) is 14.1. The van der Waals surface area contributed by atoms with Gasteiger partial charge in [-0.25, -0.2) is 0 Å². The van der Waals surface area contributed by atoms with Gasteiger partial charge in [-0.05, 0) is 83.1 Å². The summed E-state index contributed by atoms with van der Waals surface area (Å²) in [5.74, 6) is 0. The molecule has 0 N–H and O–H groups in total. The third-order valence-electron chi connectivity index (χ3n) is 1.78. The molecule has 0 bridgehead atoms. The van der Waals surface area contributed by atoms with Gasteiger partial charge in [-0.2, -0.15) is 0 Å². The lowest BCUT2D eigenvalue weighted by atomic mass is 10.2. The minimum absolute atomic E-state index is 0.0220. The fourth-order valence-electron chi connectivity index (χ4n) is 1.14. The Labute approximate surface area is 134 Å². The van der Waals surface area contributed by atoms with Crippen molar-refractivity contribution in [2.24, 2.45) is 0 Å². The zero-order valence-corrected chi connectivity index (χ0v) is 17.0. The fourth-order valence-corrected chi connectivity index (χ4v) is 1.14. The second-order valence-electron chi connectivity index (χ2n) is 8.14. The van der Waals surface area contributed by atoms with Crippen molar-refractivity contribution in [3.05, 3.63) is 0 Å². The lowest BCUT2D eigenvalue weighted by Gasteiger charge is -2.22. The van der Waals surface area contributed by atoms with Gasteiger partial charge in [0.05, 0.1) is 22.9 Å². The first kappa shape index (κ1) is 25.8. The normalized spacial score (nSPS) is 12.3. The topological polar surface area (TPSA) is 27.7 Å². The first-order valence-electron chi connectivity index (χ1n) is 7.91. The van der Waals surface area contributed by atoms with Gasteiger partial charge >= 0.3 is 0 Å². The van der Waals surface area contributed by atoms with Crippen LogP contribution in [-0.4, -0.2) is 36.6 Å². The molecular weight excluding hydrogens is 264 g/mol. The van der Waals surface area contributed by atoms with Crippen LogP contribution in [0.15, 0.2) is 0 Å². The largest absolute Gasteiger partial charge is 0.379 e. The van der Waals surface area contributed by atoms with Crippen molar-refractivity contribution in [2.75, 3.05) is 13.7 Å². The fraction of sp³-hybridized carbons (Fsp3) is 1.00. The van der Waals surface area contributed by atoms with Crippen LogP contribution in [0.25, 0.3) is 0 Å². The number of rotatable bonds is 2. The van der Waals surface area contributed by atoms with Crippen LogP contribution in [0.1, 0.15) is 83.1 Å². The first-order chi connectivity index (χ1) is 9.04. The molecule has 3 heteroatoms. The van der Waals surface area contributed by atoms with E-state index < -0.39 is 0 Å². The Morgan fingerprint density at radius 1 is 0.714 bits per heavy atom. The van der Waals surface area contributed by atoms with E-state index in [0.717, 1.165) is 6.61 Å². The molecule has 0 aliphatic carbocycles. The van der Waals surface area contributed by atoms with Crippen LogP contribution < -0.4 is 0 Å². The Morgan fingerprint density at radius 2 is 1.05 bits per heavy atom. The van der Waals surface area contributed by atoms with Crippen LogP contribution in [0, 0.1) is 0 Å². The smallest absolute Gasteiger partial charge is 0.0601 e. The van der Waals surface area contributed by atoms with Crippen LogP contribution in [0.4, 0.5) is 0 Å². The average Bonchev–Trinajstić information content (AvgIpc) is 2.12. The summed E-state index contributed by atoms with van der Waals surface area (Å²) in [6, 6.07) is 0. The molecule has 3 nitrogen and oxygen atoms in total. The first-order valence-corrected chi connectivity index (χ1v) is 7.91. The second-order valence-corrected chi connectivity index (χ2v) is 8.14. The predicted octanol–water partition coefficient (Wildman–Crippen LogP) is 5.46. The van der Waals surface area contributed by atoms with Gasteiger partial charge in [0, 0.05) is 13.7 Å². The maximum atomic E-state index is 5.44. The standard InChI is InChI=1S/C7H16O.C6H14O.C5H12O/c1-6(2)8-7(3,4)5;1-5-7-6(2,3)4;1-5(2,3)6-4/h6H,1-5H3;5H2,1-4H3;1-4H3. The number of hydrogen-bond donors (Lipinski definition) is 0. The maximum absolute atomic E-state index is 5.44. The third kappa shape index (κ3) is 45.0. The average molecular weight is 307 g/mol. The highest BCUT2D eigenvalue weighted by molar-refractivity contribution is 4.59. The highest BCUT2D eigenvalue weighted by Crippen LogP contribution is 2.09. The van der Waals surface area contributed by atoms with Crippen molar-refractivity contribution in [2.45, 2.75) is 106 Å². The lowest BCUT2D eigenvalue weighted by Crippen LogP contribution is -2.23. The van der Waals surface area contributed by atoms with Gasteiger partial charge in [-0.3, -0.25) is 0 Å². The molecule has 0 amide bonds. The maximum Gasteiger partial charge on any atom is 0.0601 e. The van der Waals surface area contributed by atoms with E-state index in [2.05, 4.69) is 41.5 Å². The highest BCUT2D eigenvalue weighted by Gasteiger charge is 2.10. The molecule has 0 saturated carbocycles. The summed E-state index contributed by atoms with van der Waals surface area (Å²) in [7, 11) is 1.71. The minimum atomic E-state index is 0.0220.